The third-order valence-corrected chi connectivity index (χ3v) is 4.75. The van der Waals surface area contributed by atoms with Gasteiger partial charge < -0.3 is 10.4 Å². The predicted octanol–water partition coefficient (Wildman–Crippen LogP) is 2.04. The smallest absolute Gasteiger partial charge is 0.307 e. The zero-order chi connectivity index (χ0) is 13.6. The summed E-state index contributed by atoms with van der Waals surface area (Å²) in [5, 5.41) is 12.0. The monoisotopic (exact) mass is 253 g/mol. The van der Waals surface area contributed by atoms with Crippen molar-refractivity contribution in [1.82, 2.24) is 5.32 Å². The number of rotatable bonds is 6. The number of carbonyl (C=O) groups is 2. The Morgan fingerprint density at radius 2 is 1.89 bits per heavy atom. The summed E-state index contributed by atoms with van der Waals surface area (Å²) in [4.78, 5) is 23.1. The lowest BCUT2D eigenvalue weighted by atomic mass is 10.0. The number of carbonyl (C=O) groups excluding carboxylic acids is 1. The van der Waals surface area contributed by atoms with Crippen molar-refractivity contribution in [1.29, 1.82) is 0 Å². The lowest BCUT2D eigenvalue weighted by molar-refractivity contribution is -0.140. The van der Waals surface area contributed by atoms with Crippen LogP contribution < -0.4 is 5.32 Å². The van der Waals surface area contributed by atoms with Crippen LogP contribution in [-0.2, 0) is 9.59 Å². The molecule has 0 aromatic carbocycles. The molecule has 18 heavy (non-hydrogen) atoms. The summed E-state index contributed by atoms with van der Waals surface area (Å²) in [5.41, 5.74) is -0.0699. The first-order valence-corrected chi connectivity index (χ1v) is 6.84. The van der Waals surface area contributed by atoms with Crippen LogP contribution in [0.2, 0.25) is 0 Å². The minimum atomic E-state index is -0.852. The minimum Gasteiger partial charge on any atom is -0.481 e. The van der Waals surface area contributed by atoms with Gasteiger partial charge in [-0.1, -0.05) is 27.2 Å². The van der Waals surface area contributed by atoms with Crippen LogP contribution in [0.4, 0.5) is 0 Å². The van der Waals surface area contributed by atoms with Crippen LogP contribution in [0.25, 0.3) is 0 Å². The van der Waals surface area contributed by atoms with Crippen LogP contribution in [0.3, 0.4) is 0 Å². The maximum absolute atomic E-state index is 12.0. The van der Waals surface area contributed by atoms with Crippen molar-refractivity contribution >= 4 is 11.9 Å². The highest BCUT2D eigenvalue weighted by Gasteiger charge is 2.66. The van der Waals surface area contributed by atoms with E-state index in [1.165, 1.54) is 12.8 Å². The van der Waals surface area contributed by atoms with E-state index in [-0.39, 0.29) is 11.8 Å². The first kappa shape index (κ1) is 13.4. The predicted molar refractivity (Wildman–Crippen MR) is 68.0 cm³/mol. The van der Waals surface area contributed by atoms with Crippen LogP contribution in [0.15, 0.2) is 0 Å². The average molecular weight is 253 g/mol. The van der Waals surface area contributed by atoms with Crippen molar-refractivity contribution in [2.75, 3.05) is 6.54 Å². The third kappa shape index (κ3) is 2.25. The van der Waals surface area contributed by atoms with Gasteiger partial charge in [0.05, 0.1) is 11.8 Å². The molecule has 0 aromatic rings. The van der Waals surface area contributed by atoms with E-state index in [2.05, 4.69) is 12.2 Å². The zero-order valence-corrected chi connectivity index (χ0v) is 11.5. The lowest BCUT2D eigenvalue weighted by Crippen LogP contribution is -2.32. The van der Waals surface area contributed by atoms with Gasteiger partial charge in [0.2, 0.25) is 5.91 Å². The van der Waals surface area contributed by atoms with Gasteiger partial charge in [0, 0.05) is 6.54 Å². The van der Waals surface area contributed by atoms with Crippen molar-refractivity contribution in [3.05, 3.63) is 0 Å². The van der Waals surface area contributed by atoms with Gasteiger partial charge in [0.15, 0.2) is 0 Å². The van der Waals surface area contributed by atoms with Crippen molar-refractivity contribution < 1.29 is 14.7 Å². The molecule has 0 unspecified atom stereocenters. The Bertz CT molecular complexity index is 371. The molecule has 2 fully saturated rings. The summed E-state index contributed by atoms with van der Waals surface area (Å²) in [6.07, 6.45) is 4.68. The summed E-state index contributed by atoms with van der Waals surface area (Å²) in [5.74, 6) is -1.80. The molecule has 2 atom stereocenters. The summed E-state index contributed by atoms with van der Waals surface area (Å²) in [6, 6.07) is 0. The Morgan fingerprint density at radius 3 is 2.28 bits per heavy atom. The molecular formula is C14H23NO3. The molecule has 0 aliphatic heterocycles. The number of carboxylic acids is 1. The third-order valence-electron chi connectivity index (χ3n) is 4.75. The average Bonchev–Trinajstić information content (AvgIpc) is 3.13. The van der Waals surface area contributed by atoms with E-state index < -0.39 is 17.3 Å². The van der Waals surface area contributed by atoms with E-state index in [9.17, 15) is 9.59 Å². The maximum Gasteiger partial charge on any atom is 0.307 e. The number of hydrogen-bond acceptors (Lipinski definition) is 2. The summed E-state index contributed by atoms with van der Waals surface area (Å²) >= 11 is 0. The number of amides is 1. The highest BCUT2D eigenvalue weighted by Crippen LogP contribution is 2.58. The second kappa shape index (κ2) is 4.25. The van der Waals surface area contributed by atoms with Crippen LogP contribution in [0, 0.1) is 22.7 Å². The van der Waals surface area contributed by atoms with Crippen molar-refractivity contribution in [3.63, 3.8) is 0 Å². The highest BCUT2D eigenvalue weighted by molar-refractivity contribution is 5.91. The fourth-order valence-corrected chi connectivity index (χ4v) is 3.19. The minimum absolute atomic E-state index is 0.0743. The van der Waals surface area contributed by atoms with Crippen LogP contribution in [0.1, 0.15) is 46.5 Å². The molecule has 4 heteroatoms. The largest absolute Gasteiger partial charge is 0.481 e. The highest BCUT2D eigenvalue weighted by atomic mass is 16.4. The number of carboxylic acid groups (broad SMARTS) is 1. The van der Waals surface area contributed by atoms with Crippen molar-refractivity contribution in [2.24, 2.45) is 22.7 Å². The van der Waals surface area contributed by atoms with Gasteiger partial charge in [-0.3, -0.25) is 9.59 Å². The van der Waals surface area contributed by atoms with E-state index in [1.54, 1.807) is 0 Å². The van der Waals surface area contributed by atoms with Gasteiger partial charge in [-0.2, -0.15) is 0 Å². The van der Waals surface area contributed by atoms with E-state index in [1.807, 2.05) is 13.8 Å². The normalized spacial score (nSPS) is 30.6. The molecule has 2 saturated carbocycles. The van der Waals surface area contributed by atoms with Gasteiger partial charge in [0.1, 0.15) is 0 Å². The van der Waals surface area contributed by atoms with Gasteiger partial charge >= 0.3 is 5.97 Å². The molecule has 0 spiro atoms. The fraction of sp³-hybridized carbons (Fsp3) is 0.857. The van der Waals surface area contributed by atoms with E-state index >= 15 is 0 Å². The molecule has 1 amide bonds. The van der Waals surface area contributed by atoms with Crippen LogP contribution in [-0.4, -0.2) is 23.5 Å². The number of hydrogen-bond donors (Lipinski definition) is 2. The molecule has 0 heterocycles. The topological polar surface area (TPSA) is 66.4 Å². The quantitative estimate of drug-likeness (QED) is 0.761. The van der Waals surface area contributed by atoms with Crippen molar-refractivity contribution in [2.45, 2.75) is 46.5 Å². The molecule has 0 radical (unpaired) electrons. The second-order valence-corrected chi connectivity index (χ2v) is 6.58. The van der Waals surface area contributed by atoms with Gasteiger partial charge in [-0.05, 0) is 30.1 Å². The molecule has 2 aliphatic rings. The van der Waals surface area contributed by atoms with Gasteiger partial charge in [-0.25, -0.2) is 0 Å². The standard InChI is InChI=1S/C14H23NO3/c1-4-5-14(6-7-14)8-15-11(16)9-10(12(17)18)13(9,2)3/h9-10H,4-8H2,1-3H3,(H,15,16)(H,17,18)/t9-,10+/m1/s1. The molecule has 2 rings (SSSR count). The van der Waals surface area contributed by atoms with Crippen molar-refractivity contribution in [3.8, 4) is 0 Å². The fourth-order valence-electron chi connectivity index (χ4n) is 3.19. The summed E-state index contributed by atoms with van der Waals surface area (Å²) < 4.78 is 0. The molecule has 0 saturated heterocycles. The summed E-state index contributed by atoms with van der Waals surface area (Å²) in [6.45, 7) is 6.59. The Labute approximate surface area is 108 Å². The molecule has 4 nitrogen and oxygen atoms in total. The zero-order valence-electron chi connectivity index (χ0n) is 11.5. The molecule has 0 aromatic heterocycles. The van der Waals surface area contributed by atoms with E-state index in [0.29, 0.717) is 5.41 Å². The molecule has 0 bridgehead atoms. The lowest BCUT2D eigenvalue weighted by Gasteiger charge is -2.15. The first-order valence-electron chi connectivity index (χ1n) is 6.84. The Kier molecular flexibility index (Phi) is 3.16. The molecule has 2 aliphatic carbocycles. The van der Waals surface area contributed by atoms with Crippen LogP contribution in [0.5, 0.6) is 0 Å². The molecule has 102 valence electrons. The SMILES string of the molecule is CCCC1(CNC(=O)[C@H]2[C@@H](C(=O)O)C2(C)C)CC1. The summed E-state index contributed by atoms with van der Waals surface area (Å²) in [7, 11) is 0. The van der Waals surface area contributed by atoms with E-state index in [4.69, 9.17) is 5.11 Å². The molecule has 2 N–H and O–H groups in total. The van der Waals surface area contributed by atoms with Gasteiger partial charge in [-0.15, -0.1) is 0 Å². The van der Waals surface area contributed by atoms with E-state index in [0.717, 1.165) is 19.4 Å². The Hall–Kier alpha value is -1.06. The maximum atomic E-state index is 12.0. The second-order valence-electron chi connectivity index (χ2n) is 6.58. The number of aliphatic carboxylic acids is 1. The first-order chi connectivity index (χ1) is 8.34. The van der Waals surface area contributed by atoms with Crippen LogP contribution >= 0.6 is 0 Å². The van der Waals surface area contributed by atoms with Gasteiger partial charge in [0.25, 0.3) is 0 Å². The molecular weight excluding hydrogens is 230 g/mol. The Balaban J connectivity index is 1.85. The Morgan fingerprint density at radius 1 is 1.28 bits per heavy atom. The number of nitrogens with one attached hydrogen (secondary N) is 1.